The van der Waals surface area contributed by atoms with Crippen LogP contribution in [0.2, 0.25) is 0 Å². The molecule has 1 atom stereocenters. The third kappa shape index (κ3) is 4.64. The highest BCUT2D eigenvalue weighted by molar-refractivity contribution is 6.10. The lowest BCUT2D eigenvalue weighted by Gasteiger charge is -2.29. The van der Waals surface area contributed by atoms with Crippen LogP contribution in [0.3, 0.4) is 0 Å². The second-order valence-electron chi connectivity index (χ2n) is 9.24. The standard InChI is InChI=1S/C26H32N2O4/c1-7-32-20-10-8-9-17(15-20)16-28-22(18-11-13-19(14-12-18)27(5)6)21(23(29)25(28)31)24(30)26(2,3)4/h8-15,22,29H,7,16H2,1-6H3. The molecule has 0 bridgehead atoms. The molecule has 3 rings (SSSR count). The minimum atomic E-state index is -0.740. The fourth-order valence-electron chi connectivity index (χ4n) is 3.85. The second-order valence-corrected chi connectivity index (χ2v) is 9.24. The first kappa shape index (κ1) is 23.4. The average molecular weight is 437 g/mol. The summed E-state index contributed by atoms with van der Waals surface area (Å²) < 4.78 is 5.59. The van der Waals surface area contributed by atoms with Crippen molar-refractivity contribution in [3.8, 4) is 5.75 Å². The minimum absolute atomic E-state index is 0.154. The third-order valence-corrected chi connectivity index (χ3v) is 5.52. The van der Waals surface area contributed by atoms with Crippen molar-refractivity contribution in [2.75, 3.05) is 25.6 Å². The zero-order chi connectivity index (χ0) is 23.6. The van der Waals surface area contributed by atoms with Crippen molar-refractivity contribution in [1.29, 1.82) is 0 Å². The van der Waals surface area contributed by atoms with Crippen molar-refractivity contribution >= 4 is 17.4 Å². The Hall–Kier alpha value is -3.28. The molecule has 0 fully saturated rings. The van der Waals surface area contributed by atoms with E-state index in [4.69, 9.17) is 4.74 Å². The first-order chi connectivity index (χ1) is 15.0. The summed E-state index contributed by atoms with van der Waals surface area (Å²) in [6, 6.07) is 14.6. The van der Waals surface area contributed by atoms with Crippen molar-refractivity contribution in [2.24, 2.45) is 5.41 Å². The van der Waals surface area contributed by atoms with Crippen LogP contribution in [0.5, 0.6) is 5.75 Å². The van der Waals surface area contributed by atoms with E-state index in [9.17, 15) is 14.7 Å². The highest BCUT2D eigenvalue weighted by Gasteiger charge is 2.45. The number of anilines is 1. The number of Topliss-reactive ketones (excluding diaryl/α,β-unsaturated/α-hetero) is 1. The fourth-order valence-corrected chi connectivity index (χ4v) is 3.85. The highest BCUT2D eigenvalue weighted by Crippen LogP contribution is 2.42. The molecule has 1 aliphatic rings. The summed E-state index contributed by atoms with van der Waals surface area (Å²) in [4.78, 5) is 30.0. The Morgan fingerprint density at radius 3 is 2.34 bits per heavy atom. The van der Waals surface area contributed by atoms with E-state index in [0.29, 0.717) is 12.4 Å². The average Bonchev–Trinajstić information content (AvgIpc) is 2.98. The number of rotatable bonds is 7. The molecule has 6 nitrogen and oxygen atoms in total. The summed E-state index contributed by atoms with van der Waals surface area (Å²) in [7, 11) is 3.90. The maximum Gasteiger partial charge on any atom is 0.290 e. The van der Waals surface area contributed by atoms with E-state index in [1.165, 1.54) is 0 Å². The predicted octanol–water partition coefficient (Wildman–Crippen LogP) is 4.66. The second kappa shape index (κ2) is 9.07. The summed E-state index contributed by atoms with van der Waals surface area (Å²) in [5, 5.41) is 10.8. The number of hydrogen-bond acceptors (Lipinski definition) is 5. The van der Waals surface area contributed by atoms with Crippen molar-refractivity contribution < 1.29 is 19.4 Å². The molecular weight excluding hydrogens is 404 g/mol. The SMILES string of the molecule is CCOc1cccc(CN2C(=O)C(O)=C(C(=O)C(C)(C)C)C2c2ccc(N(C)C)cc2)c1. The summed E-state index contributed by atoms with van der Waals surface area (Å²) in [6.07, 6.45) is 0. The zero-order valence-corrected chi connectivity index (χ0v) is 19.7. The molecule has 32 heavy (non-hydrogen) atoms. The van der Waals surface area contributed by atoms with Crippen LogP contribution in [0.25, 0.3) is 0 Å². The van der Waals surface area contributed by atoms with E-state index in [1.807, 2.05) is 74.4 Å². The maximum atomic E-state index is 13.3. The number of aliphatic hydroxyl groups is 1. The van der Waals surface area contributed by atoms with Gasteiger partial charge in [0.1, 0.15) is 5.75 Å². The lowest BCUT2D eigenvalue weighted by Crippen LogP contribution is -2.32. The number of ether oxygens (including phenoxy) is 1. The molecule has 0 saturated carbocycles. The van der Waals surface area contributed by atoms with Gasteiger partial charge >= 0.3 is 0 Å². The molecule has 1 N–H and O–H groups in total. The van der Waals surface area contributed by atoms with E-state index >= 15 is 0 Å². The molecule has 0 spiro atoms. The van der Waals surface area contributed by atoms with Crippen molar-refractivity contribution in [3.63, 3.8) is 0 Å². The van der Waals surface area contributed by atoms with Crippen molar-refractivity contribution in [1.82, 2.24) is 4.90 Å². The van der Waals surface area contributed by atoms with Gasteiger partial charge in [-0.15, -0.1) is 0 Å². The van der Waals surface area contributed by atoms with Gasteiger partial charge in [-0.3, -0.25) is 9.59 Å². The van der Waals surface area contributed by atoms with Gasteiger partial charge in [0.15, 0.2) is 11.5 Å². The Morgan fingerprint density at radius 2 is 1.78 bits per heavy atom. The summed E-state index contributed by atoms with van der Waals surface area (Å²) in [6.45, 7) is 8.07. The van der Waals surface area contributed by atoms with Crippen molar-refractivity contribution in [3.05, 3.63) is 71.0 Å². The van der Waals surface area contributed by atoms with Gasteiger partial charge in [0, 0.05) is 31.7 Å². The third-order valence-electron chi connectivity index (χ3n) is 5.52. The van der Waals surface area contributed by atoms with E-state index in [-0.39, 0.29) is 17.9 Å². The molecule has 1 heterocycles. The Balaban J connectivity index is 2.06. The Bertz CT molecular complexity index is 1030. The number of carbonyl (C=O) groups is 2. The zero-order valence-electron chi connectivity index (χ0n) is 19.7. The molecule has 1 amide bonds. The molecule has 0 aromatic heterocycles. The van der Waals surface area contributed by atoms with Crippen LogP contribution in [-0.4, -0.2) is 42.4 Å². The molecule has 2 aromatic rings. The van der Waals surface area contributed by atoms with Gasteiger partial charge in [-0.25, -0.2) is 0 Å². The molecule has 2 aromatic carbocycles. The topological polar surface area (TPSA) is 70.1 Å². The maximum absolute atomic E-state index is 13.3. The van der Waals surface area contributed by atoms with Crippen LogP contribution >= 0.6 is 0 Å². The number of amides is 1. The van der Waals surface area contributed by atoms with Crippen molar-refractivity contribution in [2.45, 2.75) is 40.3 Å². The normalized spacial score (nSPS) is 16.5. The van der Waals surface area contributed by atoms with Crippen LogP contribution < -0.4 is 9.64 Å². The first-order valence-corrected chi connectivity index (χ1v) is 10.8. The van der Waals surface area contributed by atoms with Gasteiger partial charge in [-0.2, -0.15) is 0 Å². The molecule has 1 aliphatic heterocycles. The van der Waals surface area contributed by atoms with Gasteiger partial charge in [0.05, 0.1) is 18.2 Å². The van der Waals surface area contributed by atoms with Crippen LogP contribution in [0.4, 0.5) is 5.69 Å². The Labute approximate surface area is 190 Å². The van der Waals surface area contributed by atoms with E-state index in [1.54, 1.807) is 25.7 Å². The molecule has 6 heteroatoms. The van der Waals surface area contributed by atoms with Gasteiger partial charge < -0.3 is 19.6 Å². The smallest absolute Gasteiger partial charge is 0.290 e. The number of nitrogens with zero attached hydrogens (tertiary/aromatic N) is 2. The molecule has 0 aliphatic carbocycles. The predicted molar refractivity (Wildman–Crippen MR) is 126 cm³/mol. The van der Waals surface area contributed by atoms with Crippen LogP contribution in [-0.2, 0) is 16.1 Å². The lowest BCUT2D eigenvalue weighted by atomic mass is 9.82. The number of ketones is 1. The monoisotopic (exact) mass is 436 g/mol. The Morgan fingerprint density at radius 1 is 1.12 bits per heavy atom. The number of aliphatic hydroxyl groups excluding tert-OH is 1. The first-order valence-electron chi connectivity index (χ1n) is 10.8. The fraction of sp³-hybridized carbons (Fsp3) is 0.385. The lowest BCUT2D eigenvalue weighted by molar-refractivity contribution is -0.130. The largest absolute Gasteiger partial charge is 0.503 e. The van der Waals surface area contributed by atoms with Crippen LogP contribution in [0.1, 0.15) is 44.9 Å². The van der Waals surface area contributed by atoms with Gasteiger partial charge in [0.2, 0.25) is 0 Å². The van der Waals surface area contributed by atoms with Gasteiger partial charge in [-0.05, 0) is 42.3 Å². The number of benzene rings is 2. The Kier molecular flexibility index (Phi) is 6.63. The molecule has 0 saturated heterocycles. The molecule has 0 radical (unpaired) electrons. The quantitative estimate of drug-likeness (QED) is 0.683. The van der Waals surface area contributed by atoms with Gasteiger partial charge in [0.25, 0.3) is 5.91 Å². The highest BCUT2D eigenvalue weighted by atomic mass is 16.5. The number of carbonyl (C=O) groups excluding carboxylic acids is 2. The summed E-state index contributed by atoms with van der Waals surface area (Å²) >= 11 is 0. The van der Waals surface area contributed by atoms with Crippen LogP contribution in [0.15, 0.2) is 59.9 Å². The van der Waals surface area contributed by atoms with E-state index in [0.717, 1.165) is 16.8 Å². The van der Waals surface area contributed by atoms with E-state index in [2.05, 4.69) is 0 Å². The summed E-state index contributed by atoms with van der Waals surface area (Å²) in [5.41, 5.74) is 2.06. The molecule has 1 unspecified atom stereocenters. The molecular formula is C26H32N2O4. The number of hydrogen-bond donors (Lipinski definition) is 1. The van der Waals surface area contributed by atoms with E-state index < -0.39 is 23.1 Å². The van der Waals surface area contributed by atoms with Gasteiger partial charge in [-0.1, -0.05) is 45.0 Å². The van der Waals surface area contributed by atoms with Crippen LogP contribution in [0, 0.1) is 5.41 Å². The minimum Gasteiger partial charge on any atom is -0.503 e. The summed E-state index contributed by atoms with van der Waals surface area (Å²) in [5.74, 6) is -0.531. The molecule has 170 valence electrons.